The third-order valence-electron chi connectivity index (χ3n) is 2.80. The van der Waals surface area contributed by atoms with Gasteiger partial charge in [-0.15, -0.1) is 0 Å². The van der Waals surface area contributed by atoms with Crippen molar-refractivity contribution in [2.75, 3.05) is 47.4 Å². The fourth-order valence-corrected chi connectivity index (χ4v) is 1.77. The molecule has 2 unspecified atom stereocenters. The Labute approximate surface area is 97.7 Å². The molecule has 1 fully saturated rings. The number of carbonyl (C=O) groups excluding carboxylic acids is 1. The number of rotatable bonds is 4. The summed E-state index contributed by atoms with van der Waals surface area (Å²) < 4.78 is 5.61. The maximum Gasteiger partial charge on any atom is 0.238 e. The molecule has 1 heterocycles. The minimum absolute atomic E-state index is 0.101. The van der Waals surface area contributed by atoms with Gasteiger partial charge in [-0.25, -0.2) is 0 Å². The van der Waals surface area contributed by atoms with E-state index in [-0.39, 0.29) is 18.1 Å². The minimum Gasteiger partial charge on any atom is -0.374 e. The van der Waals surface area contributed by atoms with Gasteiger partial charge in [0.2, 0.25) is 5.91 Å². The van der Waals surface area contributed by atoms with Crippen molar-refractivity contribution < 1.29 is 9.53 Å². The molecule has 1 rings (SSSR count). The van der Waals surface area contributed by atoms with Crippen molar-refractivity contribution in [3.05, 3.63) is 0 Å². The number of hydrogen-bond acceptors (Lipinski definition) is 4. The molecule has 94 valence electrons. The first kappa shape index (κ1) is 13.4. The van der Waals surface area contributed by atoms with E-state index in [2.05, 4.69) is 17.3 Å². The third-order valence-corrected chi connectivity index (χ3v) is 2.80. The average molecular weight is 229 g/mol. The Morgan fingerprint density at radius 3 is 2.88 bits per heavy atom. The lowest BCUT2D eigenvalue weighted by Crippen LogP contribution is -2.49. The monoisotopic (exact) mass is 229 g/mol. The van der Waals surface area contributed by atoms with Crippen molar-refractivity contribution in [1.82, 2.24) is 15.1 Å². The predicted octanol–water partition coefficient (Wildman–Crippen LogP) is -0.617. The van der Waals surface area contributed by atoms with Crippen LogP contribution in [0.4, 0.5) is 0 Å². The molecule has 0 bridgehead atoms. The molecule has 0 spiro atoms. The number of nitrogens with zero attached hydrogens (tertiary/aromatic N) is 2. The largest absolute Gasteiger partial charge is 0.374 e. The molecule has 5 nitrogen and oxygen atoms in total. The highest BCUT2D eigenvalue weighted by atomic mass is 16.5. The molecule has 0 aromatic rings. The van der Waals surface area contributed by atoms with Gasteiger partial charge in [-0.1, -0.05) is 0 Å². The Kier molecular flexibility index (Phi) is 5.18. The van der Waals surface area contributed by atoms with Gasteiger partial charge in [0.05, 0.1) is 18.8 Å². The van der Waals surface area contributed by atoms with Crippen LogP contribution in [0.3, 0.4) is 0 Å². The summed E-state index contributed by atoms with van der Waals surface area (Å²) in [5, 5.41) is 3.21. The molecule has 1 amide bonds. The highest BCUT2D eigenvalue weighted by Gasteiger charge is 2.20. The first-order valence-electron chi connectivity index (χ1n) is 5.75. The molecule has 0 saturated carbocycles. The van der Waals surface area contributed by atoms with Crippen LogP contribution < -0.4 is 5.32 Å². The van der Waals surface area contributed by atoms with E-state index in [1.165, 1.54) is 0 Å². The van der Waals surface area contributed by atoms with E-state index in [1.807, 2.05) is 6.92 Å². The number of carbonyl (C=O) groups is 1. The summed E-state index contributed by atoms with van der Waals surface area (Å²) in [6, 6.07) is -0.147. The summed E-state index contributed by atoms with van der Waals surface area (Å²) in [7, 11) is 5.63. The topological polar surface area (TPSA) is 44.8 Å². The number of ether oxygens (including phenoxy) is 1. The van der Waals surface area contributed by atoms with Gasteiger partial charge in [0.1, 0.15) is 0 Å². The zero-order valence-corrected chi connectivity index (χ0v) is 10.7. The quantitative estimate of drug-likeness (QED) is 0.698. The van der Waals surface area contributed by atoms with E-state index in [4.69, 9.17) is 4.74 Å². The number of nitrogens with one attached hydrogen (secondary N) is 1. The standard InChI is InChI=1S/C11H23N3O2/c1-9(11(15)13(2)3)12-7-10-8-14(4)5-6-16-10/h9-10,12H,5-8H2,1-4H3. The van der Waals surface area contributed by atoms with Gasteiger partial charge in [-0.3, -0.25) is 4.79 Å². The molecular formula is C11H23N3O2. The van der Waals surface area contributed by atoms with E-state index in [1.54, 1.807) is 19.0 Å². The first-order valence-corrected chi connectivity index (χ1v) is 5.75. The van der Waals surface area contributed by atoms with Crippen molar-refractivity contribution in [1.29, 1.82) is 0 Å². The van der Waals surface area contributed by atoms with E-state index < -0.39 is 0 Å². The summed E-state index contributed by atoms with van der Waals surface area (Å²) in [5.41, 5.74) is 0. The van der Waals surface area contributed by atoms with Crippen LogP contribution >= 0.6 is 0 Å². The van der Waals surface area contributed by atoms with E-state index in [0.29, 0.717) is 0 Å². The van der Waals surface area contributed by atoms with Crippen molar-refractivity contribution in [3.8, 4) is 0 Å². The van der Waals surface area contributed by atoms with Gasteiger partial charge >= 0.3 is 0 Å². The Hall–Kier alpha value is -0.650. The molecule has 1 aliphatic rings. The van der Waals surface area contributed by atoms with E-state index in [9.17, 15) is 4.79 Å². The first-order chi connectivity index (χ1) is 7.50. The molecule has 0 aliphatic carbocycles. The van der Waals surface area contributed by atoms with E-state index >= 15 is 0 Å². The van der Waals surface area contributed by atoms with Crippen LogP contribution in [0.2, 0.25) is 0 Å². The lowest BCUT2D eigenvalue weighted by Gasteiger charge is -2.31. The van der Waals surface area contributed by atoms with E-state index in [0.717, 1.165) is 26.2 Å². The molecule has 16 heavy (non-hydrogen) atoms. The van der Waals surface area contributed by atoms with Gasteiger partial charge < -0.3 is 19.9 Å². The zero-order chi connectivity index (χ0) is 12.1. The maximum atomic E-state index is 11.6. The second-order valence-corrected chi connectivity index (χ2v) is 4.62. The number of hydrogen-bond donors (Lipinski definition) is 1. The third kappa shape index (κ3) is 4.08. The van der Waals surface area contributed by atoms with Gasteiger partial charge in [0.25, 0.3) is 0 Å². The predicted molar refractivity (Wildman–Crippen MR) is 63.4 cm³/mol. The SMILES string of the molecule is CC(NCC1CN(C)CCO1)C(=O)N(C)C. The molecule has 0 radical (unpaired) electrons. The van der Waals surface area contributed by atoms with Crippen LogP contribution in [-0.2, 0) is 9.53 Å². The second-order valence-electron chi connectivity index (χ2n) is 4.62. The number of morpholine rings is 1. The summed E-state index contributed by atoms with van der Waals surface area (Å²) in [6.45, 7) is 5.30. The Morgan fingerprint density at radius 1 is 1.62 bits per heavy atom. The van der Waals surface area contributed by atoms with Crippen LogP contribution in [-0.4, -0.2) is 75.2 Å². The lowest BCUT2D eigenvalue weighted by atomic mass is 10.2. The van der Waals surface area contributed by atoms with Crippen molar-refractivity contribution in [3.63, 3.8) is 0 Å². The van der Waals surface area contributed by atoms with Crippen LogP contribution in [0.1, 0.15) is 6.92 Å². The van der Waals surface area contributed by atoms with Crippen molar-refractivity contribution in [2.24, 2.45) is 0 Å². The fraction of sp³-hybridized carbons (Fsp3) is 0.909. The Morgan fingerprint density at radius 2 is 2.31 bits per heavy atom. The normalized spacial score (nSPS) is 24.1. The van der Waals surface area contributed by atoms with Crippen LogP contribution in [0.25, 0.3) is 0 Å². The number of likely N-dealkylation sites (N-methyl/N-ethyl adjacent to an activating group) is 2. The molecule has 5 heteroatoms. The summed E-state index contributed by atoms with van der Waals surface area (Å²) in [4.78, 5) is 15.4. The summed E-state index contributed by atoms with van der Waals surface area (Å²) >= 11 is 0. The molecule has 0 aromatic heterocycles. The summed E-state index contributed by atoms with van der Waals surface area (Å²) in [6.07, 6.45) is 0.191. The van der Waals surface area contributed by atoms with Crippen LogP contribution in [0.5, 0.6) is 0 Å². The van der Waals surface area contributed by atoms with Gasteiger partial charge in [-0.05, 0) is 14.0 Å². The Bertz CT molecular complexity index is 233. The van der Waals surface area contributed by atoms with Crippen LogP contribution in [0.15, 0.2) is 0 Å². The van der Waals surface area contributed by atoms with Gasteiger partial charge in [0, 0.05) is 33.7 Å². The molecule has 2 atom stereocenters. The van der Waals surface area contributed by atoms with Gasteiger partial charge in [0.15, 0.2) is 0 Å². The molecule has 1 N–H and O–H groups in total. The minimum atomic E-state index is -0.147. The zero-order valence-electron chi connectivity index (χ0n) is 10.7. The van der Waals surface area contributed by atoms with Crippen molar-refractivity contribution in [2.45, 2.75) is 19.1 Å². The highest BCUT2D eigenvalue weighted by molar-refractivity contribution is 5.80. The molecule has 0 aromatic carbocycles. The fourth-order valence-electron chi connectivity index (χ4n) is 1.77. The molecular weight excluding hydrogens is 206 g/mol. The number of amides is 1. The smallest absolute Gasteiger partial charge is 0.238 e. The lowest BCUT2D eigenvalue weighted by molar-refractivity contribution is -0.130. The maximum absolute atomic E-state index is 11.6. The molecule has 1 aliphatic heterocycles. The van der Waals surface area contributed by atoms with Gasteiger partial charge in [-0.2, -0.15) is 0 Å². The second kappa shape index (κ2) is 6.18. The average Bonchev–Trinajstić information content (AvgIpc) is 2.24. The van der Waals surface area contributed by atoms with Crippen molar-refractivity contribution >= 4 is 5.91 Å². The Balaban J connectivity index is 2.25. The molecule has 1 saturated heterocycles. The summed E-state index contributed by atoms with van der Waals surface area (Å²) in [5.74, 6) is 0.101. The van der Waals surface area contributed by atoms with Crippen LogP contribution in [0, 0.1) is 0 Å². The highest BCUT2D eigenvalue weighted by Crippen LogP contribution is 2.02.